The zero-order valence-corrected chi connectivity index (χ0v) is 30.4. The van der Waals surface area contributed by atoms with Crippen LogP contribution < -0.4 is 20.6 Å². The summed E-state index contributed by atoms with van der Waals surface area (Å²) in [6.45, 7) is 19.1. The van der Waals surface area contributed by atoms with E-state index in [1.807, 2.05) is 11.3 Å². The molecule has 0 N–H and O–H groups in total. The number of rotatable bonds is 2. The van der Waals surface area contributed by atoms with E-state index in [4.69, 9.17) is 0 Å². The zero-order chi connectivity index (χ0) is 33.3. The average molecular weight is 642 g/mol. The molecule has 2 aliphatic heterocycles. The predicted molar refractivity (Wildman–Crippen MR) is 210 cm³/mol. The van der Waals surface area contributed by atoms with Gasteiger partial charge in [0.15, 0.2) is 0 Å². The zero-order valence-electron chi connectivity index (χ0n) is 29.6. The van der Waals surface area contributed by atoms with Crippen LogP contribution >= 0.6 is 11.3 Å². The van der Waals surface area contributed by atoms with Crippen LogP contribution in [0.1, 0.15) is 88.8 Å². The van der Waals surface area contributed by atoms with Gasteiger partial charge in [-0.1, -0.05) is 128 Å². The van der Waals surface area contributed by atoms with E-state index in [2.05, 4.69) is 157 Å². The first-order chi connectivity index (χ1) is 22.8. The Bertz CT molecular complexity index is 2290. The molecule has 9 rings (SSSR count). The second-order valence-corrected chi connectivity index (χ2v) is 18.0. The lowest BCUT2D eigenvalue weighted by Gasteiger charge is -2.45. The third-order valence-corrected chi connectivity index (χ3v) is 12.8. The van der Waals surface area contributed by atoms with Crippen LogP contribution in [0.3, 0.4) is 0 Å². The number of hydrogen-bond acceptors (Lipinski definition) is 2. The molecule has 0 amide bonds. The molecule has 0 atom stereocenters. The van der Waals surface area contributed by atoms with E-state index in [-0.39, 0.29) is 23.0 Å². The van der Waals surface area contributed by atoms with E-state index >= 15 is 0 Å². The van der Waals surface area contributed by atoms with Gasteiger partial charge in [0.1, 0.15) is 0 Å². The van der Waals surface area contributed by atoms with E-state index in [9.17, 15) is 0 Å². The van der Waals surface area contributed by atoms with Crippen molar-refractivity contribution in [2.24, 2.45) is 0 Å². The lowest BCUT2D eigenvalue weighted by atomic mass is 9.32. The third kappa shape index (κ3) is 4.22. The van der Waals surface area contributed by atoms with Gasteiger partial charge in [0.25, 0.3) is 6.71 Å². The van der Waals surface area contributed by atoms with Gasteiger partial charge in [0.05, 0.1) is 11.4 Å². The van der Waals surface area contributed by atoms with Crippen LogP contribution in [0.25, 0.3) is 21.2 Å². The van der Waals surface area contributed by atoms with Gasteiger partial charge < -0.3 is 4.90 Å². The maximum atomic E-state index is 2.69. The molecule has 3 aliphatic rings. The quantitative estimate of drug-likeness (QED) is 0.170. The second-order valence-electron chi connectivity index (χ2n) is 17.0. The molecule has 0 radical (unpaired) electrons. The molecule has 3 heteroatoms. The van der Waals surface area contributed by atoms with Gasteiger partial charge in [-0.25, -0.2) is 0 Å². The highest BCUT2D eigenvalue weighted by Gasteiger charge is 2.48. The molecule has 6 aromatic rings. The number of fused-ring (bicyclic) bond motifs is 7. The summed E-state index contributed by atoms with van der Waals surface area (Å²) in [5.41, 5.74) is 18.3. The van der Waals surface area contributed by atoms with Crippen LogP contribution in [-0.4, -0.2) is 6.71 Å². The van der Waals surface area contributed by atoms with E-state index in [1.165, 1.54) is 93.8 Å². The summed E-state index contributed by atoms with van der Waals surface area (Å²) >= 11 is 2.01. The van der Waals surface area contributed by atoms with Crippen LogP contribution in [0.4, 0.5) is 17.1 Å². The highest BCUT2D eigenvalue weighted by molar-refractivity contribution is 7.33. The molecule has 0 saturated heterocycles. The molecule has 48 heavy (non-hydrogen) atoms. The standard InChI is InChI=1S/C45H44BNS/c1-43(2,3)30-20-22-39-33(25-30)41-42(48-39)46-36-26-31(44(4,5)6)19-21-34(36)45(7,8)35-15-12-16-37(40(35)46)47(41)38-24-29-18-17-28(29)23-32(38)27-13-10-9-11-14-27/h9-16,19-26H,17-18H2,1-8H3. The minimum Gasteiger partial charge on any atom is -0.309 e. The topological polar surface area (TPSA) is 3.24 Å². The first-order valence-electron chi connectivity index (χ1n) is 17.7. The molecule has 3 heterocycles. The van der Waals surface area contributed by atoms with Gasteiger partial charge in [-0.2, -0.15) is 0 Å². The third-order valence-electron chi connectivity index (χ3n) is 11.5. The van der Waals surface area contributed by atoms with Crippen LogP contribution in [-0.2, 0) is 29.1 Å². The van der Waals surface area contributed by atoms with Gasteiger partial charge >= 0.3 is 0 Å². The molecule has 1 aliphatic carbocycles. The van der Waals surface area contributed by atoms with Crippen molar-refractivity contribution in [3.8, 4) is 11.1 Å². The molecular weight excluding hydrogens is 597 g/mol. The number of anilines is 3. The Morgan fingerprint density at radius 1 is 0.667 bits per heavy atom. The summed E-state index contributed by atoms with van der Waals surface area (Å²) in [5.74, 6) is 0. The summed E-state index contributed by atoms with van der Waals surface area (Å²) in [4.78, 5) is 2.69. The fourth-order valence-corrected chi connectivity index (χ4v) is 9.94. The highest BCUT2D eigenvalue weighted by Crippen LogP contribution is 2.50. The molecule has 0 unspecified atom stereocenters. The van der Waals surface area contributed by atoms with Crippen molar-refractivity contribution in [2.45, 2.75) is 84.5 Å². The Kier molecular flexibility index (Phi) is 6.24. The van der Waals surface area contributed by atoms with E-state index in [1.54, 1.807) is 0 Å². The SMILES string of the molecule is CC(C)(C)c1ccc2c(c1)B1c3sc4ccc(C(C)(C)C)cc4c3N(c3cc4c(cc3-c3ccccc3)CC4)c3cccc(c31)C2(C)C. The van der Waals surface area contributed by atoms with E-state index in [0.717, 1.165) is 6.42 Å². The molecule has 5 aromatic carbocycles. The largest absolute Gasteiger partial charge is 0.309 e. The fourth-order valence-electron chi connectivity index (χ4n) is 8.64. The summed E-state index contributed by atoms with van der Waals surface area (Å²) in [6, 6.07) is 37.9. The van der Waals surface area contributed by atoms with Crippen molar-refractivity contribution < 1.29 is 0 Å². The van der Waals surface area contributed by atoms with Crippen LogP contribution in [0, 0.1) is 0 Å². The number of aryl methyl sites for hydroxylation is 2. The summed E-state index contributed by atoms with van der Waals surface area (Å²) in [6.07, 6.45) is 2.32. The van der Waals surface area contributed by atoms with Gasteiger partial charge in [-0.3, -0.25) is 0 Å². The summed E-state index contributed by atoms with van der Waals surface area (Å²) in [7, 11) is 0. The normalized spacial score (nSPS) is 15.8. The monoisotopic (exact) mass is 641 g/mol. The Morgan fingerprint density at radius 3 is 2.06 bits per heavy atom. The number of nitrogens with zero attached hydrogens (tertiary/aromatic N) is 1. The van der Waals surface area contributed by atoms with Crippen molar-refractivity contribution >= 4 is 60.9 Å². The molecule has 0 fully saturated rings. The van der Waals surface area contributed by atoms with Gasteiger partial charge in [-0.05, 0) is 98.4 Å². The predicted octanol–water partition coefficient (Wildman–Crippen LogP) is 10.2. The number of thiophene rings is 1. The lowest BCUT2D eigenvalue weighted by molar-refractivity contribution is 0.588. The molecule has 1 nitrogen and oxygen atoms in total. The summed E-state index contributed by atoms with van der Waals surface area (Å²) in [5, 5.41) is 1.37. The van der Waals surface area contributed by atoms with Crippen molar-refractivity contribution in [1.29, 1.82) is 0 Å². The van der Waals surface area contributed by atoms with Crippen LogP contribution in [0.2, 0.25) is 0 Å². The Balaban J connectivity index is 1.42. The molecule has 238 valence electrons. The van der Waals surface area contributed by atoms with Crippen LogP contribution in [0.15, 0.2) is 97.1 Å². The Labute approximate surface area is 290 Å². The molecule has 1 aromatic heterocycles. The highest BCUT2D eigenvalue weighted by atomic mass is 32.1. The second kappa shape index (κ2) is 9.99. The van der Waals surface area contributed by atoms with Crippen molar-refractivity contribution in [1.82, 2.24) is 0 Å². The lowest BCUT2D eigenvalue weighted by Crippen LogP contribution is -2.63. The minimum atomic E-state index is -0.116. The van der Waals surface area contributed by atoms with Crippen LogP contribution in [0.5, 0.6) is 0 Å². The molecular formula is C45H44BNS. The van der Waals surface area contributed by atoms with Crippen molar-refractivity contribution in [3.63, 3.8) is 0 Å². The van der Waals surface area contributed by atoms with E-state index < -0.39 is 0 Å². The Hall–Kier alpha value is -4.08. The van der Waals surface area contributed by atoms with Gasteiger partial charge in [0, 0.05) is 31.5 Å². The maximum Gasteiger partial charge on any atom is 0.260 e. The summed E-state index contributed by atoms with van der Waals surface area (Å²) < 4.78 is 2.84. The van der Waals surface area contributed by atoms with Crippen molar-refractivity contribution in [2.75, 3.05) is 4.90 Å². The maximum absolute atomic E-state index is 2.69. The van der Waals surface area contributed by atoms with Gasteiger partial charge in [-0.15, -0.1) is 11.3 Å². The minimum absolute atomic E-state index is 0.0571. The smallest absolute Gasteiger partial charge is 0.260 e. The first-order valence-corrected chi connectivity index (χ1v) is 18.5. The Morgan fingerprint density at radius 2 is 1.35 bits per heavy atom. The molecule has 0 saturated carbocycles. The van der Waals surface area contributed by atoms with E-state index in [0.29, 0.717) is 0 Å². The first kappa shape index (κ1) is 30.0. The average Bonchev–Trinajstić information content (AvgIpc) is 3.41. The molecule has 0 bridgehead atoms. The van der Waals surface area contributed by atoms with Gasteiger partial charge in [0.2, 0.25) is 0 Å². The van der Waals surface area contributed by atoms with Crippen molar-refractivity contribution in [3.05, 3.63) is 130 Å². The number of benzene rings is 5. The number of hydrogen-bond donors (Lipinski definition) is 0. The fraction of sp³-hybridized carbons (Fsp3) is 0.289. The molecule has 0 spiro atoms.